The van der Waals surface area contributed by atoms with Crippen LogP contribution < -0.4 is 5.32 Å². The van der Waals surface area contributed by atoms with E-state index in [2.05, 4.69) is 24.6 Å². The lowest BCUT2D eigenvalue weighted by Crippen LogP contribution is -2.49. The lowest BCUT2D eigenvalue weighted by atomic mass is 9.85. The number of nitrogens with zero attached hydrogens (tertiary/aromatic N) is 5. The molecular weight excluding hydrogens is 423 g/mol. The predicted octanol–water partition coefficient (Wildman–Crippen LogP) is 2.31. The molecular formula is C20H21FN6O3S. The fourth-order valence-corrected chi connectivity index (χ4v) is 6.12. The minimum Gasteiger partial charge on any atom is -0.375 e. The second-order valence-electron chi connectivity index (χ2n) is 7.71. The number of pyridine rings is 1. The number of amides is 1. The molecule has 0 bridgehead atoms. The van der Waals surface area contributed by atoms with Gasteiger partial charge in [0.15, 0.2) is 5.69 Å². The normalized spacial score (nSPS) is 27.9. The van der Waals surface area contributed by atoms with Crippen molar-refractivity contribution in [3.63, 3.8) is 0 Å². The average Bonchev–Trinajstić information content (AvgIpc) is 2.77. The van der Waals surface area contributed by atoms with Gasteiger partial charge in [0.1, 0.15) is 11.9 Å². The molecule has 31 heavy (non-hydrogen) atoms. The van der Waals surface area contributed by atoms with Crippen molar-refractivity contribution in [2.24, 2.45) is 4.36 Å². The van der Waals surface area contributed by atoms with Crippen molar-refractivity contribution in [3.05, 3.63) is 47.9 Å². The Morgan fingerprint density at radius 1 is 1.39 bits per heavy atom. The summed E-state index contributed by atoms with van der Waals surface area (Å²) in [6, 6.07) is 4.39. The van der Waals surface area contributed by atoms with Gasteiger partial charge in [-0.25, -0.2) is 14.2 Å². The number of rotatable bonds is 3. The molecule has 2 saturated heterocycles. The number of anilines is 1. The molecule has 0 aromatic carbocycles. The van der Waals surface area contributed by atoms with Gasteiger partial charge >= 0.3 is 0 Å². The summed E-state index contributed by atoms with van der Waals surface area (Å²) in [7, 11) is -2.74. The van der Waals surface area contributed by atoms with E-state index in [1.807, 2.05) is 6.07 Å². The number of halogens is 1. The maximum absolute atomic E-state index is 13.3. The zero-order valence-corrected chi connectivity index (χ0v) is 17.5. The van der Waals surface area contributed by atoms with Gasteiger partial charge in [-0.2, -0.15) is 14.0 Å². The van der Waals surface area contributed by atoms with Crippen molar-refractivity contribution < 1.29 is 18.1 Å². The molecule has 11 heteroatoms. The Bertz CT molecular complexity index is 1140. The summed E-state index contributed by atoms with van der Waals surface area (Å²) in [4.78, 5) is 24.0. The lowest BCUT2D eigenvalue weighted by molar-refractivity contribution is -0.0872. The zero-order chi connectivity index (χ0) is 21.9. The highest BCUT2D eigenvalue weighted by Crippen LogP contribution is 2.37. The fourth-order valence-electron chi connectivity index (χ4n) is 3.95. The van der Waals surface area contributed by atoms with Crippen molar-refractivity contribution in [2.45, 2.75) is 37.3 Å². The molecule has 1 atom stereocenters. The van der Waals surface area contributed by atoms with Crippen LogP contribution in [0.5, 0.6) is 0 Å². The standard InChI is InChI=1S/C20H21FN6O3S/c21-17-9-14(1-5-24-17)19(28)27-31(29)7-3-20(4-8-31)10-15(2-6-30-20)25-18-13-23-12-16(11-22)26-18/h1,5,9,12-13,15H,2-4,6-8,10H2,(H,25,26). The fraction of sp³-hybridized carbons (Fsp3) is 0.450. The van der Waals surface area contributed by atoms with Gasteiger partial charge in [0.05, 0.1) is 27.7 Å². The second-order valence-corrected chi connectivity index (χ2v) is 10.3. The van der Waals surface area contributed by atoms with Gasteiger partial charge in [-0.15, -0.1) is 0 Å². The van der Waals surface area contributed by atoms with Gasteiger partial charge in [0.2, 0.25) is 5.95 Å². The van der Waals surface area contributed by atoms with Crippen LogP contribution >= 0.6 is 0 Å². The smallest absolute Gasteiger partial charge is 0.285 e. The van der Waals surface area contributed by atoms with Crippen LogP contribution in [0.4, 0.5) is 10.2 Å². The van der Waals surface area contributed by atoms with Crippen molar-refractivity contribution in [1.29, 1.82) is 5.26 Å². The van der Waals surface area contributed by atoms with E-state index in [0.717, 1.165) is 12.5 Å². The SMILES string of the molecule is N#Cc1cncc(NC2CCOC3(CCS(=O)(=NC(=O)c4ccnc(F)c4)CC3)C2)n1. The number of nitrogens with one attached hydrogen (secondary N) is 1. The molecule has 2 fully saturated rings. The summed E-state index contributed by atoms with van der Waals surface area (Å²) < 4.78 is 36.4. The monoisotopic (exact) mass is 444 g/mol. The minimum atomic E-state index is -2.74. The predicted molar refractivity (Wildman–Crippen MR) is 110 cm³/mol. The highest BCUT2D eigenvalue weighted by atomic mass is 32.2. The molecule has 1 unspecified atom stereocenters. The van der Waals surface area contributed by atoms with Crippen LogP contribution in [0.15, 0.2) is 35.1 Å². The van der Waals surface area contributed by atoms with Crippen LogP contribution in [0.3, 0.4) is 0 Å². The van der Waals surface area contributed by atoms with Crippen LogP contribution in [-0.4, -0.2) is 54.8 Å². The number of hydrogen-bond donors (Lipinski definition) is 1. The minimum absolute atomic E-state index is 0.0365. The molecule has 1 amide bonds. The Balaban J connectivity index is 1.42. The van der Waals surface area contributed by atoms with Crippen LogP contribution in [0, 0.1) is 17.3 Å². The third-order valence-corrected chi connectivity index (χ3v) is 7.75. The second kappa shape index (κ2) is 8.64. The summed E-state index contributed by atoms with van der Waals surface area (Å²) in [5.41, 5.74) is -0.169. The number of hydrogen-bond acceptors (Lipinski definition) is 8. The summed E-state index contributed by atoms with van der Waals surface area (Å²) in [5.74, 6) is -0.461. The molecule has 0 aliphatic carbocycles. The lowest BCUT2D eigenvalue weighted by Gasteiger charge is -2.44. The van der Waals surface area contributed by atoms with E-state index < -0.39 is 27.2 Å². The molecule has 9 nitrogen and oxygen atoms in total. The van der Waals surface area contributed by atoms with Gasteiger partial charge in [-0.3, -0.25) is 9.78 Å². The van der Waals surface area contributed by atoms with E-state index in [-0.39, 0.29) is 28.8 Å². The van der Waals surface area contributed by atoms with Gasteiger partial charge in [0, 0.05) is 42.0 Å². The van der Waals surface area contributed by atoms with E-state index in [1.54, 1.807) is 6.20 Å². The summed E-state index contributed by atoms with van der Waals surface area (Å²) in [6.07, 6.45) is 6.63. The molecule has 4 heterocycles. The molecule has 4 rings (SSSR count). The van der Waals surface area contributed by atoms with E-state index in [9.17, 15) is 13.4 Å². The largest absolute Gasteiger partial charge is 0.375 e. The van der Waals surface area contributed by atoms with Gasteiger partial charge in [-0.05, 0) is 31.7 Å². The first-order chi connectivity index (χ1) is 14.9. The van der Waals surface area contributed by atoms with Gasteiger partial charge in [0.25, 0.3) is 5.91 Å². The van der Waals surface area contributed by atoms with Gasteiger partial charge in [-0.1, -0.05) is 0 Å². The Labute approximate surface area is 179 Å². The molecule has 2 aliphatic rings. The Morgan fingerprint density at radius 3 is 2.94 bits per heavy atom. The highest BCUT2D eigenvalue weighted by Gasteiger charge is 2.42. The van der Waals surface area contributed by atoms with Crippen LogP contribution in [0.2, 0.25) is 0 Å². The molecule has 1 N–H and O–H groups in total. The number of carbonyl (C=O) groups excluding carboxylic acids is 1. The number of aromatic nitrogens is 3. The zero-order valence-electron chi connectivity index (χ0n) is 16.7. The first-order valence-corrected chi connectivity index (χ1v) is 11.8. The van der Waals surface area contributed by atoms with E-state index >= 15 is 0 Å². The van der Waals surface area contributed by atoms with Crippen molar-refractivity contribution >= 4 is 21.5 Å². The topological polar surface area (TPSA) is 130 Å². The molecule has 2 aromatic rings. The van der Waals surface area contributed by atoms with Crippen LogP contribution in [-0.2, 0) is 14.5 Å². The Kier molecular flexibility index (Phi) is 5.93. The number of carbonyl (C=O) groups is 1. The van der Waals surface area contributed by atoms with Crippen LogP contribution in [0.25, 0.3) is 0 Å². The number of nitriles is 1. The quantitative estimate of drug-likeness (QED) is 0.714. The third kappa shape index (κ3) is 5.03. The van der Waals surface area contributed by atoms with E-state index in [4.69, 9.17) is 10.00 Å². The van der Waals surface area contributed by atoms with Crippen molar-refractivity contribution in [1.82, 2.24) is 15.0 Å². The first kappa shape index (κ1) is 21.3. The Morgan fingerprint density at radius 2 is 2.19 bits per heavy atom. The molecule has 0 saturated carbocycles. The van der Waals surface area contributed by atoms with E-state index in [1.165, 1.54) is 18.5 Å². The molecule has 1 spiro atoms. The molecule has 0 radical (unpaired) electrons. The Hall–Kier alpha value is -2.97. The maximum atomic E-state index is 13.3. The van der Waals surface area contributed by atoms with Gasteiger partial charge < -0.3 is 10.1 Å². The third-order valence-electron chi connectivity index (χ3n) is 5.57. The van der Waals surface area contributed by atoms with Crippen molar-refractivity contribution in [2.75, 3.05) is 23.4 Å². The molecule has 2 aliphatic heterocycles. The summed E-state index contributed by atoms with van der Waals surface area (Å²) >= 11 is 0. The van der Waals surface area contributed by atoms with Crippen LogP contribution in [0.1, 0.15) is 41.7 Å². The maximum Gasteiger partial charge on any atom is 0.285 e. The van der Waals surface area contributed by atoms with E-state index in [0.29, 0.717) is 31.7 Å². The molecule has 162 valence electrons. The van der Waals surface area contributed by atoms with Crippen molar-refractivity contribution in [3.8, 4) is 6.07 Å². The first-order valence-electron chi connectivity index (χ1n) is 9.90. The highest BCUT2D eigenvalue weighted by molar-refractivity contribution is 7.93. The molecule has 2 aromatic heterocycles. The summed E-state index contributed by atoms with van der Waals surface area (Å²) in [6.45, 7) is 0.538. The average molecular weight is 444 g/mol. The number of ether oxygens (including phenoxy) is 1. The summed E-state index contributed by atoms with van der Waals surface area (Å²) in [5, 5.41) is 12.3.